The molecule has 0 bridgehead atoms. The van der Waals surface area contributed by atoms with Gasteiger partial charge < -0.3 is 4.90 Å². The molecule has 2 aliphatic heterocycles. The number of carbonyl (C=O) groups is 1. The second-order valence-electron chi connectivity index (χ2n) is 8.00. The number of nitrogens with zero attached hydrogens (tertiary/aromatic N) is 2. The monoisotopic (exact) mass is 378 g/mol. The van der Waals surface area contributed by atoms with Crippen LogP contribution in [0.5, 0.6) is 0 Å². The van der Waals surface area contributed by atoms with Crippen LogP contribution in [-0.2, 0) is 10.0 Å². The van der Waals surface area contributed by atoms with E-state index >= 15 is 0 Å². The van der Waals surface area contributed by atoms with Crippen molar-refractivity contribution in [3.63, 3.8) is 0 Å². The topological polar surface area (TPSA) is 57.7 Å². The van der Waals surface area contributed by atoms with Crippen molar-refractivity contribution in [3.8, 4) is 0 Å². The quantitative estimate of drug-likeness (QED) is 0.810. The van der Waals surface area contributed by atoms with Gasteiger partial charge in [-0.25, -0.2) is 8.42 Å². The molecule has 26 heavy (non-hydrogen) atoms. The zero-order chi connectivity index (χ0) is 18.7. The Labute approximate surface area is 157 Å². The Hall–Kier alpha value is -1.40. The van der Waals surface area contributed by atoms with Crippen LogP contribution in [0.1, 0.15) is 56.3 Å². The lowest BCUT2D eigenvalue weighted by molar-refractivity contribution is 0.0761. The molecule has 1 amide bonds. The van der Waals surface area contributed by atoms with E-state index in [0.717, 1.165) is 32.4 Å². The smallest absolute Gasteiger partial charge is 0.253 e. The number of amides is 1. The SMILES string of the molecule is C[C@H]1C[C@H](C)CN(S(=O)(=O)c2ccc(C(=O)N3CCCCCC3)cc2)C1. The molecule has 1 aromatic carbocycles. The third-order valence-corrected chi connectivity index (χ3v) is 7.31. The fraction of sp³-hybridized carbons (Fsp3) is 0.650. The first-order chi connectivity index (χ1) is 12.4. The zero-order valence-corrected chi connectivity index (χ0v) is 16.7. The van der Waals surface area contributed by atoms with Crippen LogP contribution in [0.4, 0.5) is 0 Å². The van der Waals surface area contributed by atoms with Crippen molar-refractivity contribution < 1.29 is 13.2 Å². The van der Waals surface area contributed by atoms with Gasteiger partial charge in [-0.15, -0.1) is 0 Å². The van der Waals surface area contributed by atoms with Crippen LogP contribution in [0.2, 0.25) is 0 Å². The Morgan fingerprint density at radius 1 is 0.923 bits per heavy atom. The van der Waals surface area contributed by atoms with Crippen molar-refractivity contribution in [2.45, 2.75) is 50.8 Å². The number of sulfonamides is 1. The third kappa shape index (κ3) is 4.29. The highest BCUT2D eigenvalue weighted by Gasteiger charge is 2.31. The first-order valence-electron chi connectivity index (χ1n) is 9.77. The lowest BCUT2D eigenvalue weighted by Gasteiger charge is -2.34. The zero-order valence-electron chi connectivity index (χ0n) is 15.9. The Bertz CT molecular complexity index is 712. The molecule has 0 radical (unpaired) electrons. The minimum atomic E-state index is -3.49. The second-order valence-corrected chi connectivity index (χ2v) is 9.94. The Kier molecular flexibility index (Phi) is 6.03. The summed E-state index contributed by atoms with van der Waals surface area (Å²) < 4.78 is 27.5. The summed E-state index contributed by atoms with van der Waals surface area (Å²) in [6.45, 7) is 6.93. The van der Waals surface area contributed by atoms with Crippen LogP contribution in [-0.4, -0.2) is 49.7 Å². The molecule has 2 fully saturated rings. The lowest BCUT2D eigenvalue weighted by atomic mass is 9.94. The largest absolute Gasteiger partial charge is 0.339 e. The molecule has 5 nitrogen and oxygen atoms in total. The van der Waals surface area contributed by atoms with Crippen molar-refractivity contribution in [1.82, 2.24) is 9.21 Å². The summed E-state index contributed by atoms with van der Waals surface area (Å²) in [5, 5.41) is 0. The van der Waals surface area contributed by atoms with E-state index in [9.17, 15) is 13.2 Å². The second kappa shape index (κ2) is 8.09. The first kappa shape index (κ1) is 19.4. The average molecular weight is 379 g/mol. The average Bonchev–Trinajstić information content (AvgIpc) is 2.90. The van der Waals surface area contributed by atoms with Crippen LogP contribution in [0.25, 0.3) is 0 Å². The first-order valence-corrected chi connectivity index (χ1v) is 11.2. The number of benzene rings is 1. The van der Waals surface area contributed by atoms with Crippen molar-refractivity contribution in [2.75, 3.05) is 26.2 Å². The predicted octanol–water partition coefficient (Wildman–Crippen LogP) is 3.37. The molecular formula is C20H30N2O3S. The van der Waals surface area contributed by atoms with Crippen LogP contribution in [0.3, 0.4) is 0 Å². The fourth-order valence-electron chi connectivity index (χ4n) is 4.18. The van der Waals surface area contributed by atoms with E-state index in [1.54, 1.807) is 28.6 Å². The molecule has 3 rings (SSSR count). The maximum atomic E-state index is 12.9. The van der Waals surface area contributed by atoms with Gasteiger partial charge in [0.05, 0.1) is 4.90 Å². The molecule has 2 atom stereocenters. The molecule has 1 aromatic rings. The van der Waals surface area contributed by atoms with Gasteiger partial charge in [0.25, 0.3) is 5.91 Å². The van der Waals surface area contributed by atoms with Gasteiger partial charge in [-0.1, -0.05) is 26.7 Å². The van der Waals surface area contributed by atoms with Crippen LogP contribution >= 0.6 is 0 Å². The molecule has 0 spiro atoms. The highest BCUT2D eigenvalue weighted by atomic mass is 32.2. The molecule has 2 heterocycles. The van der Waals surface area contributed by atoms with Crippen LogP contribution in [0, 0.1) is 11.8 Å². The Balaban J connectivity index is 1.75. The van der Waals surface area contributed by atoms with E-state index in [-0.39, 0.29) is 10.8 Å². The maximum Gasteiger partial charge on any atom is 0.253 e. The molecular weight excluding hydrogens is 348 g/mol. The Morgan fingerprint density at radius 2 is 1.46 bits per heavy atom. The van der Waals surface area contributed by atoms with Gasteiger partial charge in [-0.2, -0.15) is 4.31 Å². The van der Waals surface area contributed by atoms with Gasteiger partial charge in [0.2, 0.25) is 10.0 Å². The van der Waals surface area contributed by atoms with E-state index in [1.165, 1.54) is 12.8 Å². The van der Waals surface area contributed by atoms with E-state index in [0.29, 0.717) is 30.5 Å². The molecule has 144 valence electrons. The predicted molar refractivity (Wildman–Crippen MR) is 103 cm³/mol. The van der Waals surface area contributed by atoms with Crippen molar-refractivity contribution in [3.05, 3.63) is 29.8 Å². The standard InChI is InChI=1S/C20H30N2O3S/c1-16-13-17(2)15-22(14-16)26(24,25)19-9-7-18(8-10-19)20(23)21-11-5-3-4-6-12-21/h7-10,16-17H,3-6,11-15H2,1-2H3/t16-,17-/m0/s1. The fourth-order valence-corrected chi connectivity index (χ4v) is 5.86. The number of likely N-dealkylation sites (tertiary alicyclic amines) is 1. The molecule has 6 heteroatoms. The number of hydrogen-bond donors (Lipinski definition) is 0. The summed E-state index contributed by atoms with van der Waals surface area (Å²) in [6, 6.07) is 6.50. The van der Waals surface area contributed by atoms with Gasteiger partial charge in [0.15, 0.2) is 0 Å². The summed E-state index contributed by atoms with van der Waals surface area (Å²) >= 11 is 0. The maximum absolute atomic E-state index is 12.9. The van der Waals surface area contributed by atoms with Gasteiger partial charge in [0, 0.05) is 31.7 Å². The van der Waals surface area contributed by atoms with Crippen molar-refractivity contribution in [2.24, 2.45) is 11.8 Å². The molecule has 0 aromatic heterocycles. The summed E-state index contributed by atoms with van der Waals surface area (Å²) in [4.78, 5) is 14.8. The summed E-state index contributed by atoms with van der Waals surface area (Å²) in [6.07, 6.45) is 5.50. The summed E-state index contributed by atoms with van der Waals surface area (Å²) in [5.41, 5.74) is 0.575. The van der Waals surface area contributed by atoms with Gasteiger partial charge in [-0.05, 0) is 55.4 Å². The molecule has 0 unspecified atom stereocenters. The number of rotatable bonds is 3. The van der Waals surface area contributed by atoms with Crippen LogP contribution < -0.4 is 0 Å². The number of hydrogen-bond acceptors (Lipinski definition) is 3. The molecule has 0 saturated carbocycles. The highest BCUT2D eigenvalue weighted by Crippen LogP contribution is 2.27. The Morgan fingerprint density at radius 3 is 2.00 bits per heavy atom. The van der Waals surface area contributed by atoms with Gasteiger partial charge >= 0.3 is 0 Å². The van der Waals surface area contributed by atoms with E-state index in [4.69, 9.17) is 0 Å². The van der Waals surface area contributed by atoms with Crippen molar-refractivity contribution in [1.29, 1.82) is 0 Å². The minimum Gasteiger partial charge on any atom is -0.339 e. The van der Waals surface area contributed by atoms with Gasteiger partial charge in [-0.3, -0.25) is 4.79 Å². The lowest BCUT2D eigenvalue weighted by Crippen LogP contribution is -2.42. The van der Waals surface area contributed by atoms with Crippen LogP contribution in [0.15, 0.2) is 29.2 Å². The molecule has 2 aliphatic rings. The normalized spacial score (nSPS) is 25.7. The van der Waals surface area contributed by atoms with Gasteiger partial charge in [0.1, 0.15) is 0 Å². The third-order valence-electron chi connectivity index (χ3n) is 5.47. The van der Waals surface area contributed by atoms with E-state index in [2.05, 4.69) is 13.8 Å². The molecule has 0 N–H and O–H groups in total. The summed E-state index contributed by atoms with van der Waals surface area (Å²) in [7, 11) is -3.49. The summed E-state index contributed by atoms with van der Waals surface area (Å²) in [5.74, 6) is 0.755. The number of carbonyl (C=O) groups excluding carboxylic acids is 1. The van der Waals surface area contributed by atoms with E-state index in [1.807, 2.05) is 4.90 Å². The molecule has 2 saturated heterocycles. The minimum absolute atomic E-state index is 0.0102. The highest BCUT2D eigenvalue weighted by molar-refractivity contribution is 7.89. The van der Waals surface area contributed by atoms with Crippen molar-refractivity contribution >= 4 is 15.9 Å². The molecule has 0 aliphatic carbocycles. The number of piperidine rings is 1. The van der Waals surface area contributed by atoms with E-state index < -0.39 is 10.0 Å².